The van der Waals surface area contributed by atoms with Crippen LogP contribution in [-0.4, -0.2) is 11.1 Å². The molecule has 3 aromatic rings. The summed E-state index contributed by atoms with van der Waals surface area (Å²) in [6, 6.07) is 8.31. The maximum absolute atomic E-state index is 14.3. The predicted octanol–water partition coefficient (Wildman–Crippen LogP) is 5.74. The molecular formula is C20H10F6O3. The molecule has 0 aliphatic carbocycles. The molecule has 0 saturated heterocycles. The van der Waals surface area contributed by atoms with Crippen LogP contribution in [0.25, 0.3) is 11.1 Å². The van der Waals surface area contributed by atoms with E-state index in [4.69, 9.17) is 5.11 Å². The molecule has 0 amide bonds. The zero-order chi connectivity index (χ0) is 21.3. The van der Waals surface area contributed by atoms with Crippen LogP contribution < -0.4 is 4.74 Å². The molecule has 0 aromatic heterocycles. The van der Waals surface area contributed by atoms with Gasteiger partial charge in [0.2, 0.25) is 0 Å². The second kappa shape index (κ2) is 7.50. The fraction of sp³-hybridized carbons (Fsp3) is 0.0500. The van der Waals surface area contributed by atoms with Crippen LogP contribution in [0.15, 0.2) is 54.6 Å². The first kappa shape index (κ1) is 20.2. The molecule has 150 valence electrons. The zero-order valence-electron chi connectivity index (χ0n) is 14.2. The van der Waals surface area contributed by atoms with Crippen LogP contribution in [0.5, 0.6) is 5.75 Å². The molecule has 3 aromatic carbocycles. The van der Waals surface area contributed by atoms with Crippen molar-refractivity contribution in [2.24, 2.45) is 0 Å². The highest BCUT2D eigenvalue weighted by atomic mass is 19.3. The van der Waals surface area contributed by atoms with Crippen molar-refractivity contribution < 1.29 is 41.0 Å². The van der Waals surface area contributed by atoms with E-state index in [1.165, 1.54) is 24.3 Å². The SMILES string of the molecule is O=C(O)c1ccc(-c2ccc(C(F)(F)Oc3cc(F)c(F)c(F)c3)c(F)c2)cc1. The van der Waals surface area contributed by atoms with E-state index >= 15 is 0 Å². The molecule has 0 fully saturated rings. The number of ether oxygens (including phenoxy) is 1. The molecule has 1 N–H and O–H groups in total. The minimum atomic E-state index is -4.31. The number of alkyl halides is 2. The molecule has 9 heteroatoms. The molecule has 0 bridgehead atoms. The first-order valence-electron chi connectivity index (χ1n) is 7.93. The van der Waals surface area contributed by atoms with Crippen LogP contribution in [0.2, 0.25) is 0 Å². The van der Waals surface area contributed by atoms with E-state index < -0.39 is 46.7 Å². The van der Waals surface area contributed by atoms with Gasteiger partial charge in [-0.1, -0.05) is 18.2 Å². The van der Waals surface area contributed by atoms with Crippen molar-refractivity contribution in [2.75, 3.05) is 0 Å². The highest BCUT2D eigenvalue weighted by molar-refractivity contribution is 5.88. The molecule has 0 spiro atoms. The Morgan fingerprint density at radius 2 is 1.34 bits per heavy atom. The standard InChI is InChI=1S/C20H10F6O3/c21-15-7-12(10-1-3-11(4-2-10)19(27)28)5-6-14(15)20(25,26)29-13-8-16(22)18(24)17(23)9-13/h1-9H,(H,27,28). The molecule has 0 aliphatic rings. The van der Waals surface area contributed by atoms with Gasteiger partial charge in [-0.2, -0.15) is 8.78 Å². The summed E-state index contributed by atoms with van der Waals surface area (Å²) in [5.74, 6) is -8.90. The van der Waals surface area contributed by atoms with E-state index in [0.29, 0.717) is 11.6 Å². The second-order valence-electron chi connectivity index (χ2n) is 5.90. The Morgan fingerprint density at radius 1 is 0.793 bits per heavy atom. The van der Waals surface area contributed by atoms with Gasteiger partial charge >= 0.3 is 12.1 Å². The molecule has 3 rings (SSSR count). The van der Waals surface area contributed by atoms with Crippen molar-refractivity contribution in [2.45, 2.75) is 6.11 Å². The summed E-state index contributed by atoms with van der Waals surface area (Å²) < 4.78 is 86.3. The molecule has 0 unspecified atom stereocenters. The lowest BCUT2D eigenvalue weighted by atomic mass is 10.0. The number of carboxylic acid groups (broad SMARTS) is 1. The summed E-state index contributed by atoms with van der Waals surface area (Å²) in [4.78, 5) is 10.8. The third-order valence-electron chi connectivity index (χ3n) is 3.95. The zero-order valence-corrected chi connectivity index (χ0v) is 14.2. The van der Waals surface area contributed by atoms with Crippen molar-refractivity contribution in [3.8, 4) is 16.9 Å². The highest BCUT2D eigenvalue weighted by Crippen LogP contribution is 2.35. The van der Waals surface area contributed by atoms with Crippen molar-refractivity contribution in [1.82, 2.24) is 0 Å². The fourth-order valence-corrected chi connectivity index (χ4v) is 2.53. The maximum Gasteiger partial charge on any atom is 0.429 e. The van der Waals surface area contributed by atoms with Gasteiger partial charge in [-0.15, -0.1) is 0 Å². The van der Waals surface area contributed by atoms with E-state index in [-0.39, 0.29) is 23.3 Å². The highest BCUT2D eigenvalue weighted by Gasteiger charge is 2.38. The van der Waals surface area contributed by atoms with Gasteiger partial charge in [0, 0.05) is 12.1 Å². The number of hydrogen-bond donors (Lipinski definition) is 1. The maximum atomic E-state index is 14.3. The lowest BCUT2D eigenvalue weighted by Gasteiger charge is -2.19. The van der Waals surface area contributed by atoms with E-state index in [2.05, 4.69) is 4.74 Å². The number of carbonyl (C=O) groups is 1. The van der Waals surface area contributed by atoms with Gasteiger partial charge in [0.05, 0.1) is 11.1 Å². The molecule has 0 aliphatic heterocycles. The summed E-state index contributed by atoms with van der Waals surface area (Å²) in [6.45, 7) is 0. The van der Waals surface area contributed by atoms with E-state index in [0.717, 1.165) is 12.1 Å². The quantitative estimate of drug-likeness (QED) is 0.430. The molecule has 3 nitrogen and oxygen atoms in total. The minimum Gasteiger partial charge on any atom is -0.478 e. The van der Waals surface area contributed by atoms with Crippen LogP contribution in [0, 0.1) is 23.3 Å². The summed E-state index contributed by atoms with van der Waals surface area (Å²) in [7, 11) is 0. The summed E-state index contributed by atoms with van der Waals surface area (Å²) in [5.41, 5.74) is -0.677. The van der Waals surface area contributed by atoms with Gasteiger partial charge in [-0.05, 0) is 35.4 Å². The van der Waals surface area contributed by atoms with Crippen LogP contribution in [0.1, 0.15) is 15.9 Å². The Morgan fingerprint density at radius 3 is 1.86 bits per heavy atom. The fourth-order valence-electron chi connectivity index (χ4n) is 2.53. The minimum absolute atomic E-state index is 0.00969. The number of rotatable bonds is 5. The lowest BCUT2D eigenvalue weighted by Crippen LogP contribution is -2.23. The van der Waals surface area contributed by atoms with E-state index in [1.807, 2.05) is 0 Å². The molecule has 0 heterocycles. The third-order valence-corrected chi connectivity index (χ3v) is 3.95. The van der Waals surface area contributed by atoms with Crippen LogP contribution in [0.3, 0.4) is 0 Å². The molecule has 0 radical (unpaired) electrons. The number of carboxylic acids is 1. The Bertz CT molecular complexity index is 1060. The average molecular weight is 412 g/mol. The van der Waals surface area contributed by atoms with Gasteiger partial charge in [-0.3, -0.25) is 0 Å². The number of hydrogen-bond acceptors (Lipinski definition) is 2. The summed E-state index contributed by atoms with van der Waals surface area (Å²) >= 11 is 0. The third kappa shape index (κ3) is 4.18. The van der Waals surface area contributed by atoms with Gasteiger partial charge in [0.15, 0.2) is 17.5 Å². The lowest BCUT2D eigenvalue weighted by molar-refractivity contribution is -0.187. The number of benzene rings is 3. The number of aromatic carboxylic acids is 1. The first-order valence-corrected chi connectivity index (χ1v) is 7.93. The Hall–Kier alpha value is -3.49. The van der Waals surface area contributed by atoms with Crippen molar-refractivity contribution >= 4 is 5.97 Å². The Balaban J connectivity index is 1.89. The van der Waals surface area contributed by atoms with Gasteiger partial charge < -0.3 is 9.84 Å². The van der Waals surface area contributed by atoms with Crippen LogP contribution in [-0.2, 0) is 6.11 Å². The van der Waals surface area contributed by atoms with Gasteiger partial charge in [-0.25, -0.2) is 22.4 Å². The van der Waals surface area contributed by atoms with E-state index in [9.17, 15) is 31.1 Å². The summed E-state index contributed by atoms with van der Waals surface area (Å²) in [6.07, 6.45) is -4.31. The van der Waals surface area contributed by atoms with Crippen molar-refractivity contribution in [1.29, 1.82) is 0 Å². The van der Waals surface area contributed by atoms with Gasteiger partial charge in [0.25, 0.3) is 0 Å². The van der Waals surface area contributed by atoms with Crippen molar-refractivity contribution in [3.63, 3.8) is 0 Å². The average Bonchev–Trinajstić information content (AvgIpc) is 2.65. The largest absolute Gasteiger partial charge is 0.478 e. The predicted molar refractivity (Wildman–Crippen MR) is 89.6 cm³/mol. The Labute approximate surface area is 159 Å². The van der Waals surface area contributed by atoms with Gasteiger partial charge in [0.1, 0.15) is 11.6 Å². The first-order chi connectivity index (χ1) is 13.6. The van der Waals surface area contributed by atoms with Crippen LogP contribution in [0.4, 0.5) is 26.3 Å². The normalized spacial score (nSPS) is 11.4. The Kier molecular flexibility index (Phi) is 5.23. The summed E-state index contributed by atoms with van der Waals surface area (Å²) in [5, 5.41) is 8.86. The molecular weight excluding hydrogens is 402 g/mol. The molecule has 29 heavy (non-hydrogen) atoms. The van der Waals surface area contributed by atoms with Crippen molar-refractivity contribution in [3.05, 3.63) is 89.0 Å². The number of halogens is 6. The topological polar surface area (TPSA) is 46.5 Å². The molecule has 0 atom stereocenters. The monoisotopic (exact) mass is 412 g/mol. The second-order valence-corrected chi connectivity index (χ2v) is 5.90. The smallest absolute Gasteiger partial charge is 0.429 e. The van der Waals surface area contributed by atoms with Crippen LogP contribution >= 0.6 is 0 Å². The van der Waals surface area contributed by atoms with E-state index in [1.54, 1.807) is 0 Å². The molecule has 0 saturated carbocycles.